The molecular formula is C12H15FN2. The first kappa shape index (κ1) is 11.4. The van der Waals surface area contributed by atoms with Gasteiger partial charge in [0.15, 0.2) is 0 Å². The van der Waals surface area contributed by atoms with Gasteiger partial charge in [0.2, 0.25) is 0 Å². The molecule has 0 fully saturated rings. The van der Waals surface area contributed by atoms with E-state index in [2.05, 4.69) is 18.3 Å². The minimum atomic E-state index is -0.345. The Bertz CT molecular complexity index is 388. The summed E-state index contributed by atoms with van der Waals surface area (Å²) >= 11 is 0. The smallest absolute Gasteiger partial charge is 0.127 e. The number of hydrogen-bond donors (Lipinski definition) is 0. The zero-order chi connectivity index (χ0) is 11.3. The molecule has 0 saturated heterocycles. The van der Waals surface area contributed by atoms with E-state index in [-0.39, 0.29) is 5.83 Å². The molecule has 15 heavy (non-hydrogen) atoms. The third kappa shape index (κ3) is 2.65. The van der Waals surface area contributed by atoms with E-state index in [0.29, 0.717) is 12.1 Å². The highest BCUT2D eigenvalue weighted by atomic mass is 19.1. The Morgan fingerprint density at radius 2 is 2.27 bits per heavy atom. The SMILES string of the molecule is C=C/C(F)=C(\C=C)Cn1nccc1CC. The van der Waals surface area contributed by atoms with Gasteiger partial charge in [-0.3, -0.25) is 4.68 Å². The van der Waals surface area contributed by atoms with E-state index < -0.39 is 0 Å². The van der Waals surface area contributed by atoms with Crippen LogP contribution < -0.4 is 0 Å². The Hall–Kier alpha value is -1.64. The molecule has 1 heterocycles. The van der Waals surface area contributed by atoms with Crippen LogP contribution in [0.4, 0.5) is 4.39 Å². The van der Waals surface area contributed by atoms with Crippen molar-refractivity contribution in [2.75, 3.05) is 0 Å². The summed E-state index contributed by atoms with van der Waals surface area (Å²) in [5.74, 6) is -0.345. The van der Waals surface area contributed by atoms with E-state index in [4.69, 9.17) is 0 Å². The first-order chi connectivity index (χ1) is 7.22. The second kappa shape index (κ2) is 5.29. The van der Waals surface area contributed by atoms with E-state index in [1.165, 1.54) is 12.2 Å². The summed E-state index contributed by atoms with van der Waals surface area (Å²) in [5.41, 5.74) is 1.58. The fourth-order valence-corrected chi connectivity index (χ4v) is 1.33. The molecule has 1 aromatic heterocycles. The largest absolute Gasteiger partial charge is 0.265 e. The molecule has 2 nitrogen and oxygen atoms in total. The van der Waals surface area contributed by atoms with Gasteiger partial charge in [-0.1, -0.05) is 26.2 Å². The Labute approximate surface area is 89.4 Å². The Morgan fingerprint density at radius 1 is 1.53 bits per heavy atom. The second-order valence-electron chi connectivity index (χ2n) is 3.12. The van der Waals surface area contributed by atoms with Crippen LogP contribution in [0.15, 0.2) is 49.0 Å². The topological polar surface area (TPSA) is 17.8 Å². The zero-order valence-electron chi connectivity index (χ0n) is 8.91. The predicted molar refractivity (Wildman–Crippen MR) is 60.1 cm³/mol. The summed E-state index contributed by atoms with van der Waals surface area (Å²) in [6.45, 7) is 9.41. The molecular weight excluding hydrogens is 191 g/mol. The maximum absolute atomic E-state index is 13.3. The van der Waals surface area contributed by atoms with Crippen molar-refractivity contribution in [3.05, 3.63) is 54.7 Å². The normalized spacial score (nSPS) is 12.1. The van der Waals surface area contributed by atoms with Gasteiger partial charge in [-0.15, -0.1) is 0 Å². The fraction of sp³-hybridized carbons (Fsp3) is 0.250. The quantitative estimate of drug-likeness (QED) is 0.677. The van der Waals surface area contributed by atoms with Gasteiger partial charge in [0, 0.05) is 17.5 Å². The molecule has 80 valence electrons. The van der Waals surface area contributed by atoms with Crippen LogP contribution in [-0.2, 0) is 13.0 Å². The molecule has 3 heteroatoms. The number of allylic oxidation sites excluding steroid dienone is 4. The molecule has 0 aliphatic heterocycles. The summed E-state index contributed by atoms with van der Waals surface area (Å²) < 4.78 is 15.0. The average Bonchev–Trinajstić information content (AvgIpc) is 2.71. The van der Waals surface area contributed by atoms with Gasteiger partial charge in [0.05, 0.1) is 6.54 Å². The number of aryl methyl sites for hydroxylation is 1. The van der Waals surface area contributed by atoms with Crippen LogP contribution in [0.2, 0.25) is 0 Å². The first-order valence-electron chi connectivity index (χ1n) is 4.87. The van der Waals surface area contributed by atoms with Crippen molar-refractivity contribution in [3.8, 4) is 0 Å². The van der Waals surface area contributed by atoms with Gasteiger partial charge in [0.25, 0.3) is 0 Å². The molecule has 0 spiro atoms. The van der Waals surface area contributed by atoms with E-state index in [1.807, 2.05) is 13.0 Å². The lowest BCUT2D eigenvalue weighted by Gasteiger charge is -2.06. The second-order valence-corrected chi connectivity index (χ2v) is 3.12. The lowest BCUT2D eigenvalue weighted by Crippen LogP contribution is -2.06. The van der Waals surface area contributed by atoms with Crippen LogP contribution in [0, 0.1) is 0 Å². The third-order valence-electron chi connectivity index (χ3n) is 2.22. The van der Waals surface area contributed by atoms with Gasteiger partial charge < -0.3 is 0 Å². The average molecular weight is 206 g/mol. The standard InChI is InChI=1S/C12H15FN2/c1-4-10(12(13)6-3)9-15-11(5-2)7-8-14-15/h4,6-8H,1,3,5,9H2,2H3/b12-10-. The van der Waals surface area contributed by atoms with Crippen LogP contribution in [-0.4, -0.2) is 9.78 Å². The van der Waals surface area contributed by atoms with Gasteiger partial charge in [-0.25, -0.2) is 4.39 Å². The van der Waals surface area contributed by atoms with Gasteiger partial charge in [-0.05, 0) is 18.6 Å². The molecule has 0 unspecified atom stereocenters. The van der Waals surface area contributed by atoms with Crippen LogP contribution in [0.25, 0.3) is 0 Å². The van der Waals surface area contributed by atoms with E-state index >= 15 is 0 Å². The molecule has 0 radical (unpaired) electrons. The van der Waals surface area contributed by atoms with E-state index in [1.54, 1.807) is 10.9 Å². The van der Waals surface area contributed by atoms with Crippen molar-refractivity contribution >= 4 is 0 Å². The fourth-order valence-electron chi connectivity index (χ4n) is 1.33. The predicted octanol–water partition coefficient (Wildman–Crippen LogP) is 3.04. The summed E-state index contributed by atoms with van der Waals surface area (Å²) in [6.07, 6.45) is 5.27. The van der Waals surface area contributed by atoms with Crippen molar-refractivity contribution in [2.45, 2.75) is 19.9 Å². The molecule has 0 aliphatic carbocycles. The van der Waals surface area contributed by atoms with Gasteiger partial charge in [0.1, 0.15) is 5.83 Å². The number of hydrogen-bond acceptors (Lipinski definition) is 1. The molecule has 0 aromatic carbocycles. The van der Waals surface area contributed by atoms with Crippen LogP contribution >= 0.6 is 0 Å². The van der Waals surface area contributed by atoms with Crippen molar-refractivity contribution in [1.82, 2.24) is 9.78 Å². The van der Waals surface area contributed by atoms with Crippen molar-refractivity contribution < 1.29 is 4.39 Å². The minimum Gasteiger partial charge on any atom is -0.265 e. The molecule has 1 aromatic rings. The maximum atomic E-state index is 13.3. The van der Waals surface area contributed by atoms with Crippen molar-refractivity contribution in [2.24, 2.45) is 0 Å². The maximum Gasteiger partial charge on any atom is 0.127 e. The molecule has 0 N–H and O–H groups in total. The van der Waals surface area contributed by atoms with E-state index in [0.717, 1.165) is 12.1 Å². The lowest BCUT2D eigenvalue weighted by atomic mass is 10.2. The summed E-state index contributed by atoms with van der Waals surface area (Å²) in [5, 5.41) is 4.13. The van der Waals surface area contributed by atoms with Gasteiger partial charge in [-0.2, -0.15) is 5.10 Å². The Balaban J connectivity index is 2.94. The highest BCUT2D eigenvalue weighted by Crippen LogP contribution is 2.12. The highest BCUT2D eigenvalue weighted by Gasteiger charge is 2.04. The van der Waals surface area contributed by atoms with Crippen LogP contribution in [0.5, 0.6) is 0 Å². The number of aromatic nitrogens is 2. The number of nitrogens with zero attached hydrogens (tertiary/aromatic N) is 2. The molecule has 0 amide bonds. The first-order valence-corrected chi connectivity index (χ1v) is 4.87. The van der Waals surface area contributed by atoms with Crippen LogP contribution in [0.1, 0.15) is 12.6 Å². The van der Waals surface area contributed by atoms with Crippen LogP contribution in [0.3, 0.4) is 0 Å². The highest BCUT2D eigenvalue weighted by molar-refractivity contribution is 5.26. The van der Waals surface area contributed by atoms with Gasteiger partial charge >= 0.3 is 0 Å². The summed E-state index contributed by atoms with van der Waals surface area (Å²) in [4.78, 5) is 0. The molecule has 0 bridgehead atoms. The van der Waals surface area contributed by atoms with Crippen molar-refractivity contribution in [3.63, 3.8) is 0 Å². The molecule has 0 aliphatic rings. The molecule has 0 atom stereocenters. The lowest BCUT2D eigenvalue weighted by molar-refractivity contribution is 0.606. The minimum absolute atomic E-state index is 0.345. The third-order valence-corrected chi connectivity index (χ3v) is 2.22. The molecule has 1 rings (SSSR count). The molecule has 0 saturated carbocycles. The van der Waals surface area contributed by atoms with E-state index in [9.17, 15) is 4.39 Å². The Kier molecular flexibility index (Phi) is 4.03. The monoisotopic (exact) mass is 206 g/mol. The number of rotatable bonds is 5. The number of halogens is 1. The van der Waals surface area contributed by atoms with Crippen molar-refractivity contribution in [1.29, 1.82) is 0 Å². The summed E-state index contributed by atoms with van der Waals surface area (Å²) in [7, 11) is 0. The Morgan fingerprint density at radius 3 is 2.80 bits per heavy atom. The summed E-state index contributed by atoms with van der Waals surface area (Å²) in [6, 6.07) is 1.92. The zero-order valence-corrected chi connectivity index (χ0v) is 8.91.